The van der Waals surface area contributed by atoms with Crippen molar-refractivity contribution in [2.24, 2.45) is 0 Å². The van der Waals surface area contributed by atoms with Crippen LogP contribution < -0.4 is 4.74 Å². The molecule has 0 radical (unpaired) electrons. The van der Waals surface area contributed by atoms with Crippen molar-refractivity contribution in [2.75, 3.05) is 27.4 Å². The van der Waals surface area contributed by atoms with Gasteiger partial charge in [0.05, 0.1) is 24.0 Å². The van der Waals surface area contributed by atoms with E-state index in [-0.39, 0.29) is 0 Å². The number of hydrogen-bond donors (Lipinski definition) is 0. The van der Waals surface area contributed by atoms with Crippen molar-refractivity contribution in [3.8, 4) is 5.75 Å². The highest BCUT2D eigenvalue weighted by Gasteiger charge is 2.10. The maximum absolute atomic E-state index is 5.28. The zero-order chi connectivity index (χ0) is 18.2. The van der Waals surface area contributed by atoms with Crippen LogP contribution in [0.4, 0.5) is 0 Å². The maximum atomic E-state index is 5.28. The predicted octanol–water partition coefficient (Wildman–Crippen LogP) is 3.68. The van der Waals surface area contributed by atoms with Crippen LogP contribution in [0.1, 0.15) is 17.8 Å². The van der Waals surface area contributed by atoms with E-state index >= 15 is 0 Å². The van der Waals surface area contributed by atoms with E-state index < -0.39 is 0 Å². The number of pyridine rings is 2. The molecular formula is C21H25N3O2. The molecular weight excluding hydrogens is 326 g/mol. The standard InChI is InChI=1S/C21H25N3O2/c1-25-13-5-12-24(15-18-6-3-4-11-22-18)16-19-8-7-17-14-20(26-2)9-10-21(17)23-19/h3-4,6-11,14H,5,12-13,15-16H2,1-2H3. The Kier molecular flexibility index (Phi) is 6.52. The van der Waals surface area contributed by atoms with E-state index in [0.717, 1.165) is 60.7 Å². The van der Waals surface area contributed by atoms with E-state index in [1.54, 1.807) is 14.2 Å². The summed E-state index contributed by atoms with van der Waals surface area (Å²) in [5.41, 5.74) is 3.10. The minimum Gasteiger partial charge on any atom is -0.497 e. The lowest BCUT2D eigenvalue weighted by atomic mass is 10.2. The molecule has 0 aliphatic heterocycles. The molecule has 0 atom stereocenters. The number of ether oxygens (including phenoxy) is 2. The molecule has 2 heterocycles. The fourth-order valence-corrected chi connectivity index (χ4v) is 2.96. The van der Waals surface area contributed by atoms with Crippen molar-refractivity contribution in [2.45, 2.75) is 19.5 Å². The molecule has 0 saturated carbocycles. The van der Waals surface area contributed by atoms with Gasteiger partial charge < -0.3 is 9.47 Å². The smallest absolute Gasteiger partial charge is 0.119 e. The summed E-state index contributed by atoms with van der Waals surface area (Å²) in [6, 6.07) is 16.2. The quantitative estimate of drug-likeness (QED) is 0.551. The van der Waals surface area contributed by atoms with Gasteiger partial charge in [0.25, 0.3) is 0 Å². The molecule has 1 aromatic carbocycles. The lowest BCUT2D eigenvalue weighted by Crippen LogP contribution is -2.25. The van der Waals surface area contributed by atoms with E-state index in [1.165, 1.54) is 0 Å². The molecule has 0 fully saturated rings. The minimum atomic E-state index is 0.754. The first-order valence-corrected chi connectivity index (χ1v) is 8.83. The molecule has 0 aliphatic carbocycles. The molecule has 0 saturated heterocycles. The number of nitrogens with zero attached hydrogens (tertiary/aromatic N) is 3. The third kappa shape index (κ3) is 5.00. The molecule has 5 nitrogen and oxygen atoms in total. The zero-order valence-electron chi connectivity index (χ0n) is 15.4. The fraction of sp³-hybridized carbons (Fsp3) is 0.333. The zero-order valence-corrected chi connectivity index (χ0v) is 15.4. The van der Waals surface area contributed by atoms with Gasteiger partial charge in [-0.15, -0.1) is 0 Å². The highest BCUT2D eigenvalue weighted by Crippen LogP contribution is 2.20. The second-order valence-corrected chi connectivity index (χ2v) is 6.24. The lowest BCUT2D eigenvalue weighted by molar-refractivity contribution is 0.165. The van der Waals surface area contributed by atoms with Crippen molar-refractivity contribution in [3.05, 3.63) is 66.1 Å². The SMILES string of the molecule is COCCCN(Cc1ccccn1)Cc1ccc2cc(OC)ccc2n1. The second kappa shape index (κ2) is 9.27. The molecule has 26 heavy (non-hydrogen) atoms. The van der Waals surface area contributed by atoms with Crippen molar-refractivity contribution >= 4 is 10.9 Å². The van der Waals surface area contributed by atoms with Crippen LogP contribution in [-0.4, -0.2) is 42.2 Å². The molecule has 0 aliphatic rings. The maximum Gasteiger partial charge on any atom is 0.119 e. The lowest BCUT2D eigenvalue weighted by Gasteiger charge is -2.21. The van der Waals surface area contributed by atoms with Gasteiger partial charge in [0.1, 0.15) is 5.75 Å². The first kappa shape index (κ1) is 18.3. The number of methoxy groups -OCH3 is 2. The average molecular weight is 351 g/mol. The van der Waals surface area contributed by atoms with Crippen LogP contribution in [-0.2, 0) is 17.8 Å². The van der Waals surface area contributed by atoms with Gasteiger partial charge in [0.2, 0.25) is 0 Å². The summed E-state index contributed by atoms with van der Waals surface area (Å²) in [7, 11) is 3.42. The molecule has 3 rings (SSSR count). The van der Waals surface area contributed by atoms with Gasteiger partial charge in [-0.05, 0) is 42.8 Å². The van der Waals surface area contributed by atoms with E-state index in [9.17, 15) is 0 Å². The van der Waals surface area contributed by atoms with Crippen LogP contribution in [0.2, 0.25) is 0 Å². The Morgan fingerprint density at radius 1 is 0.962 bits per heavy atom. The minimum absolute atomic E-state index is 0.754. The summed E-state index contributed by atoms with van der Waals surface area (Å²) in [5.74, 6) is 0.850. The van der Waals surface area contributed by atoms with Gasteiger partial charge in [-0.1, -0.05) is 12.1 Å². The fourth-order valence-electron chi connectivity index (χ4n) is 2.96. The molecule has 3 aromatic rings. The third-order valence-electron chi connectivity index (χ3n) is 4.27. The summed E-state index contributed by atoms with van der Waals surface area (Å²) < 4.78 is 10.5. The van der Waals surface area contributed by atoms with E-state index in [4.69, 9.17) is 14.5 Å². The van der Waals surface area contributed by atoms with Crippen LogP contribution in [0.3, 0.4) is 0 Å². The Labute approximate surface area is 154 Å². The second-order valence-electron chi connectivity index (χ2n) is 6.24. The number of benzene rings is 1. The van der Waals surface area contributed by atoms with Gasteiger partial charge >= 0.3 is 0 Å². The van der Waals surface area contributed by atoms with E-state index in [2.05, 4.69) is 28.1 Å². The monoisotopic (exact) mass is 351 g/mol. The first-order valence-electron chi connectivity index (χ1n) is 8.83. The van der Waals surface area contributed by atoms with Crippen molar-refractivity contribution in [1.82, 2.24) is 14.9 Å². The number of aromatic nitrogens is 2. The van der Waals surface area contributed by atoms with Crippen LogP contribution in [0.15, 0.2) is 54.7 Å². The molecule has 0 spiro atoms. The summed E-state index contributed by atoms with van der Waals surface area (Å²) >= 11 is 0. The molecule has 0 bridgehead atoms. The predicted molar refractivity (Wildman–Crippen MR) is 103 cm³/mol. The molecule has 0 N–H and O–H groups in total. The number of rotatable bonds is 9. The summed E-state index contributed by atoms with van der Waals surface area (Å²) in [5, 5.41) is 1.09. The largest absolute Gasteiger partial charge is 0.497 e. The van der Waals surface area contributed by atoms with Crippen LogP contribution in [0.5, 0.6) is 5.75 Å². The Morgan fingerprint density at radius 2 is 1.85 bits per heavy atom. The number of fused-ring (bicyclic) bond motifs is 1. The van der Waals surface area contributed by atoms with Crippen molar-refractivity contribution < 1.29 is 9.47 Å². The molecule has 5 heteroatoms. The molecule has 0 amide bonds. The van der Waals surface area contributed by atoms with Gasteiger partial charge in [0, 0.05) is 44.9 Å². The topological polar surface area (TPSA) is 47.5 Å². The van der Waals surface area contributed by atoms with Crippen LogP contribution in [0, 0.1) is 0 Å². The summed E-state index contributed by atoms with van der Waals surface area (Å²) in [6.07, 6.45) is 2.82. The average Bonchev–Trinajstić information content (AvgIpc) is 2.68. The molecule has 136 valence electrons. The van der Waals surface area contributed by atoms with Crippen molar-refractivity contribution in [1.29, 1.82) is 0 Å². The highest BCUT2D eigenvalue weighted by molar-refractivity contribution is 5.80. The Bertz CT molecular complexity index is 824. The van der Waals surface area contributed by atoms with Crippen molar-refractivity contribution in [3.63, 3.8) is 0 Å². The third-order valence-corrected chi connectivity index (χ3v) is 4.27. The van der Waals surface area contributed by atoms with Gasteiger partial charge in [-0.2, -0.15) is 0 Å². The Balaban J connectivity index is 1.75. The van der Waals surface area contributed by atoms with E-state index in [0.29, 0.717) is 0 Å². The number of hydrogen-bond acceptors (Lipinski definition) is 5. The van der Waals surface area contributed by atoms with Gasteiger partial charge in [-0.3, -0.25) is 14.9 Å². The molecule has 2 aromatic heterocycles. The Hall–Kier alpha value is -2.50. The summed E-state index contributed by atoms with van der Waals surface area (Å²) in [6.45, 7) is 3.27. The van der Waals surface area contributed by atoms with Crippen LogP contribution >= 0.6 is 0 Å². The normalized spacial score (nSPS) is 11.2. The van der Waals surface area contributed by atoms with Crippen LogP contribution in [0.25, 0.3) is 10.9 Å². The molecule has 0 unspecified atom stereocenters. The summed E-state index contributed by atoms with van der Waals surface area (Å²) in [4.78, 5) is 11.6. The Morgan fingerprint density at radius 3 is 2.62 bits per heavy atom. The van der Waals surface area contributed by atoms with E-state index in [1.807, 2.05) is 36.5 Å². The van der Waals surface area contributed by atoms with Gasteiger partial charge in [-0.25, -0.2) is 0 Å². The first-order chi connectivity index (χ1) is 12.8. The highest BCUT2D eigenvalue weighted by atomic mass is 16.5. The van der Waals surface area contributed by atoms with Gasteiger partial charge in [0.15, 0.2) is 0 Å².